The number of rotatable bonds is 4. The number of hydrogen-bond acceptors (Lipinski definition) is 5. The van der Waals surface area contributed by atoms with Gasteiger partial charge in [-0.25, -0.2) is 8.42 Å². The van der Waals surface area contributed by atoms with Crippen LogP contribution in [0.1, 0.15) is 18.1 Å². The zero-order valence-corrected chi connectivity index (χ0v) is 13.2. The van der Waals surface area contributed by atoms with Gasteiger partial charge in [-0.05, 0) is 24.6 Å². The van der Waals surface area contributed by atoms with Crippen LogP contribution in [-0.2, 0) is 25.1 Å². The number of nitriles is 1. The number of benzene rings is 1. The lowest BCUT2D eigenvalue weighted by atomic mass is 10.2. The molecule has 0 bridgehead atoms. The molecule has 1 aromatic carbocycles. The second kappa shape index (κ2) is 6.90. The Labute approximate surface area is 130 Å². The Hall–Kier alpha value is -1.91. The van der Waals surface area contributed by atoms with Crippen LogP contribution in [0.2, 0.25) is 0 Å². The van der Waals surface area contributed by atoms with E-state index >= 15 is 0 Å². The highest BCUT2D eigenvalue weighted by atomic mass is 32.2. The fourth-order valence-electron chi connectivity index (χ4n) is 2.30. The van der Waals surface area contributed by atoms with Crippen molar-refractivity contribution in [3.63, 3.8) is 0 Å². The zero-order valence-electron chi connectivity index (χ0n) is 12.4. The van der Waals surface area contributed by atoms with Gasteiger partial charge in [0.2, 0.25) is 5.91 Å². The molecule has 1 amide bonds. The van der Waals surface area contributed by atoms with Gasteiger partial charge in [-0.2, -0.15) is 5.26 Å². The summed E-state index contributed by atoms with van der Waals surface area (Å²) in [6.45, 7) is 3.13. The summed E-state index contributed by atoms with van der Waals surface area (Å²) in [6.07, 6.45) is -0.0704. The lowest BCUT2D eigenvalue weighted by Gasteiger charge is -2.31. The summed E-state index contributed by atoms with van der Waals surface area (Å²) in [5.74, 6) is -1.09. The summed E-state index contributed by atoms with van der Waals surface area (Å²) in [6, 6.07) is 8.30. The number of ether oxygens (including phenoxy) is 1. The van der Waals surface area contributed by atoms with E-state index in [1.807, 2.05) is 13.0 Å². The van der Waals surface area contributed by atoms with E-state index in [1.165, 1.54) is 4.90 Å². The Balaban J connectivity index is 1.98. The Morgan fingerprint density at radius 2 is 2.09 bits per heavy atom. The minimum absolute atomic E-state index is 0.0704. The molecule has 0 N–H and O–H groups in total. The van der Waals surface area contributed by atoms with Gasteiger partial charge in [0.15, 0.2) is 9.84 Å². The molecule has 22 heavy (non-hydrogen) atoms. The van der Waals surface area contributed by atoms with E-state index in [9.17, 15) is 13.2 Å². The van der Waals surface area contributed by atoms with Crippen molar-refractivity contribution in [3.05, 3.63) is 35.4 Å². The van der Waals surface area contributed by atoms with Gasteiger partial charge in [-0.1, -0.05) is 12.1 Å². The van der Waals surface area contributed by atoms with Gasteiger partial charge >= 0.3 is 0 Å². The minimum atomic E-state index is -3.54. The number of sulfone groups is 1. The van der Waals surface area contributed by atoms with E-state index < -0.39 is 15.6 Å². The molecule has 2 rings (SSSR count). The van der Waals surface area contributed by atoms with Crippen LogP contribution in [0.4, 0.5) is 0 Å². The molecule has 0 radical (unpaired) electrons. The van der Waals surface area contributed by atoms with E-state index in [0.29, 0.717) is 30.8 Å². The Bertz CT molecular complexity index is 676. The van der Waals surface area contributed by atoms with Crippen LogP contribution in [-0.4, -0.2) is 50.8 Å². The van der Waals surface area contributed by atoms with E-state index in [2.05, 4.69) is 0 Å². The first-order valence-electron chi connectivity index (χ1n) is 6.98. The van der Waals surface area contributed by atoms with Crippen LogP contribution in [0.3, 0.4) is 0 Å². The molecule has 0 aliphatic carbocycles. The molecule has 118 valence electrons. The third-order valence-electron chi connectivity index (χ3n) is 3.41. The summed E-state index contributed by atoms with van der Waals surface area (Å²) in [5.41, 5.74) is 1.04. The van der Waals surface area contributed by atoms with E-state index in [4.69, 9.17) is 10.00 Å². The second-order valence-electron chi connectivity index (χ2n) is 5.36. The average Bonchev–Trinajstić information content (AvgIpc) is 2.47. The predicted octanol–water partition coefficient (Wildman–Crippen LogP) is 0.720. The van der Waals surface area contributed by atoms with Gasteiger partial charge in [0.25, 0.3) is 0 Å². The molecule has 7 heteroatoms. The highest BCUT2D eigenvalue weighted by Crippen LogP contribution is 2.11. The number of nitrogens with zero attached hydrogens (tertiary/aromatic N) is 2. The maximum Gasteiger partial charge on any atom is 0.237 e. The predicted molar refractivity (Wildman–Crippen MR) is 80.6 cm³/mol. The monoisotopic (exact) mass is 322 g/mol. The third kappa shape index (κ3) is 4.55. The smallest absolute Gasteiger partial charge is 0.237 e. The molecular formula is C15H18N2O4S. The molecule has 0 saturated carbocycles. The third-order valence-corrected chi connectivity index (χ3v) is 4.87. The van der Waals surface area contributed by atoms with Gasteiger partial charge in [0.05, 0.1) is 30.1 Å². The van der Waals surface area contributed by atoms with E-state index in [1.54, 1.807) is 24.3 Å². The first-order valence-corrected chi connectivity index (χ1v) is 8.80. The maximum absolute atomic E-state index is 12.1. The van der Waals surface area contributed by atoms with Crippen molar-refractivity contribution in [2.24, 2.45) is 0 Å². The molecule has 1 fully saturated rings. The second-order valence-corrected chi connectivity index (χ2v) is 7.43. The van der Waals surface area contributed by atoms with Crippen molar-refractivity contribution in [2.45, 2.75) is 18.8 Å². The Morgan fingerprint density at radius 1 is 1.41 bits per heavy atom. The van der Waals surface area contributed by atoms with Crippen LogP contribution in [0.15, 0.2) is 24.3 Å². The molecule has 1 saturated heterocycles. The van der Waals surface area contributed by atoms with Crippen molar-refractivity contribution in [1.29, 1.82) is 5.26 Å². The SMILES string of the molecule is CC1CN(C(=O)CS(=O)(=O)Cc2ccc(C#N)cc2)CCO1. The van der Waals surface area contributed by atoms with Gasteiger partial charge in [0, 0.05) is 13.1 Å². The fraction of sp³-hybridized carbons (Fsp3) is 0.467. The standard InChI is InChI=1S/C15H18N2O4S/c1-12-9-17(6-7-21-12)15(18)11-22(19,20)10-14-4-2-13(8-16)3-5-14/h2-5,12H,6-7,9-11H2,1H3. The molecule has 1 aliphatic rings. The highest BCUT2D eigenvalue weighted by Gasteiger charge is 2.25. The van der Waals surface area contributed by atoms with Crippen LogP contribution in [0, 0.1) is 11.3 Å². The molecule has 1 heterocycles. The molecule has 0 aromatic heterocycles. The molecule has 1 aromatic rings. The van der Waals surface area contributed by atoms with Crippen molar-refractivity contribution in [3.8, 4) is 6.07 Å². The lowest BCUT2D eigenvalue weighted by molar-refractivity contribution is -0.135. The lowest BCUT2D eigenvalue weighted by Crippen LogP contribution is -2.46. The molecule has 1 aliphatic heterocycles. The van der Waals surface area contributed by atoms with E-state index in [-0.39, 0.29) is 17.8 Å². The van der Waals surface area contributed by atoms with Crippen molar-refractivity contribution < 1.29 is 17.9 Å². The molecule has 1 atom stereocenters. The van der Waals surface area contributed by atoms with Crippen LogP contribution < -0.4 is 0 Å². The summed E-state index contributed by atoms with van der Waals surface area (Å²) >= 11 is 0. The highest BCUT2D eigenvalue weighted by molar-refractivity contribution is 7.91. The quantitative estimate of drug-likeness (QED) is 0.815. The molecule has 0 spiro atoms. The van der Waals surface area contributed by atoms with Crippen molar-refractivity contribution >= 4 is 15.7 Å². The van der Waals surface area contributed by atoms with Gasteiger partial charge in [-0.3, -0.25) is 4.79 Å². The summed E-state index contributed by atoms with van der Waals surface area (Å²) in [5, 5.41) is 8.72. The molecule has 1 unspecified atom stereocenters. The summed E-state index contributed by atoms with van der Waals surface area (Å²) in [4.78, 5) is 13.6. The van der Waals surface area contributed by atoms with Gasteiger partial charge < -0.3 is 9.64 Å². The topological polar surface area (TPSA) is 87.5 Å². The Kier molecular flexibility index (Phi) is 5.16. The summed E-state index contributed by atoms with van der Waals surface area (Å²) in [7, 11) is -3.54. The first-order chi connectivity index (χ1) is 10.4. The fourth-order valence-corrected chi connectivity index (χ4v) is 3.67. The van der Waals surface area contributed by atoms with Gasteiger partial charge in [0.1, 0.15) is 5.75 Å². The number of carbonyl (C=O) groups excluding carboxylic acids is 1. The normalized spacial score (nSPS) is 18.7. The van der Waals surface area contributed by atoms with Crippen LogP contribution in [0.25, 0.3) is 0 Å². The van der Waals surface area contributed by atoms with E-state index in [0.717, 1.165) is 0 Å². The number of hydrogen-bond donors (Lipinski definition) is 0. The summed E-state index contributed by atoms with van der Waals surface area (Å²) < 4.78 is 29.6. The zero-order chi connectivity index (χ0) is 16.2. The number of carbonyl (C=O) groups is 1. The molecular weight excluding hydrogens is 304 g/mol. The van der Waals surface area contributed by atoms with Crippen molar-refractivity contribution in [1.82, 2.24) is 4.90 Å². The van der Waals surface area contributed by atoms with Gasteiger partial charge in [-0.15, -0.1) is 0 Å². The average molecular weight is 322 g/mol. The van der Waals surface area contributed by atoms with Crippen molar-refractivity contribution in [2.75, 3.05) is 25.4 Å². The van der Waals surface area contributed by atoms with Crippen LogP contribution >= 0.6 is 0 Å². The Morgan fingerprint density at radius 3 is 2.68 bits per heavy atom. The maximum atomic E-state index is 12.1. The van der Waals surface area contributed by atoms with Crippen LogP contribution in [0.5, 0.6) is 0 Å². The first kappa shape index (κ1) is 16.5. The number of amides is 1. The number of morpholine rings is 1. The molecule has 6 nitrogen and oxygen atoms in total. The minimum Gasteiger partial charge on any atom is -0.375 e. The largest absolute Gasteiger partial charge is 0.375 e.